The largest absolute Gasteiger partial charge is 0.472 e. The van der Waals surface area contributed by atoms with Gasteiger partial charge in [-0.1, -0.05) is 210 Å². The number of amides is 2. The van der Waals surface area contributed by atoms with Gasteiger partial charge in [-0.15, -0.1) is 0 Å². The molecule has 20 heteroatoms. The monoisotopic (exact) mass is 1110 g/mol. The van der Waals surface area contributed by atoms with Gasteiger partial charge in [0.05, 0.1) is 26.4 Å². The number of phosphoric acid groups is 1. The Morgan fingerprint density at radius 2 is 1.05 bits per heavy atom. The van der Waals surface area contributed by atoms with E-state index in [2.05, 4.69) is 29.5 Å². The third-order valence-electron chi connectivity index (χ3n) is 12.0. The molecule has 0 saturated heterocycles. The number of hydrogen-bond acceptors (Lipinski definition) is 16. The molecule has 0 aliphatic rings. The van der Waals surface area contributed by atoms with Gasteiger partial charge in [-0.25, -0.2) is 14.3 Å². The van der Waals surface area contributed by atoms with Gasteiger partial charge in [-0.2, -0.15) is 0 Å². The zero-order valence-electron chi connectivity index (χ0n) is 46.1. The van der Waals surface area contributed by atoms with Crippen LogP contribution in [-0.2, 0) is 46.9 Å². The predicted octanol–water partition coefficient (Wildman–Crippen LogP) is 14.5. The van der Waals surface area contributed by atoms with Crippen molar-refractivity contribution in [1.82, 2.24) is 27.9 Å². The van der Waals surface area contributed by atoms with Crippen LogP contribution in [0.25, 0.3) is 0 Å². The van der Waals surface area contributed by atoms with Gasteiger partial charge in [0.25, 0.3) is 0 Å². The average molecular weight is 1110 g/mol. The van der Waals surface area contributed by atoms with Crippen LogP contribution in [0, 0.1) is 0 Å². The summed E-state index contributed by atoms with van der Waals surface area (Å²) in [5, 5.41) is 6.08. The number of aromatic nitrogens is 1. The van der Waals surface area contributed by atoms with E-state index >= 15 is 0 Å². The first kappa shape index (κ1) is 73.6. The molecule has 9 N–H and O–H groups in total. The molecule has 0 radical (unpaired) electrons. The van der Waals surface area contributed by atoms with Gasteiger partial charge in [-0.05, 0) is 35.8 Å². The van der Waals surface area contributed by atoms with Gasteiger partial charge in [0.2, 0.25) is 5.91 Å². The highest BCUT2D eigenvalue weighted by molar-refractivity contribution is 8.76. The second-order valence-corrected chi connectivity index (χ2v) is 22.5. The molecule has 0 fully saturated rings. The van der Waals surface area contributed by atoms with Crippen molar-refractivity contribution in [2.45, 2.75) is 237 Å². The summed E-state index contributed by atoms with van der Waals surface area (Å²) >= 11 is 0. The summed E-state index contributed by atoms with van der Waals surface area (Å²) in [4.78, 5) is 64.1. The summed E-state index contributed by atoms with van der Waals surface area (Å²) in [5.41, 5.74) is 0. The summed E-state index contributed by atoms with van der Waals surface area (Å²) in [7, 11) is -1.57. The van der Waals surface area contributed by atoms with Crippen LogP contribution in [0.4, 0.5) is 4.79 Å². The normalized spacial score (nSPS) is 12.2. The Hall–Kier alpha value is -2.48. The van der Waals surface area contributed by atoms with Gasteiger partial charge in [0, 0.05) is 44.3 Å². The van der Waals surface area contributed by atoms with Gasteiger partial charge >= 0.3 is 25.9 Å². The molecule has 0 bridgehead atoms. The number of esters is 2. The van der Waals surface area contributed by atoms with E-state index in [9.17, 15) is 28.6 Å². The molecule has 1 heterocycles. The minimum atomic E-state index is -4.64. The van der Waals surface area contributed by atoms with Gasteiger partial charge < -0.3 is 46.8 Å². The molecule has 434 valence electrons. The Morgan fingerprint density at radius 3 is 1.55 bits per heavy atom. The van der Waals surface area contributed by atoms with Crippen molar-refractivity contribution in [3.05, 3.63) is 24.4 Å². The molecule has 0 aromatic carbocycles. The molecular formula is C54H104N5O12PS2. The molecule has 0 aliphatic carbocycles. The number of nitrogens with one attached hydrogen (secondary N) is 2. The average Bonchev–Trinajstić information content (AvgIpc) is 3.37. The number of nitrogens with zero attached hydrogens (tertiary/aromatic N) is 1. The van der Waals surface area contributed by atoms with Crippen molar-refractivity contribution in [2.75, 3.05) is 58.5 Å². The number of alkyl carbamates (subject to hydrolysis) is 1. The zero-order chi connectivity index (χ0) is 52.3. The van der Waals surface area contributed by atoms with Crippen molar-refractivity contribution in [3.8, 4) is 0 Å². The maximum atomic E-state index is 12.8. The van der Waals surface area contributed by atoms with Crippen LogP contribution in [-0.4, -0.2) is 98.4 Å². The van der Waals surface area contributed by atoms with Crippen LogP contribution in [0.1, 0.15) is 226 Å². The van der Waals surface area contributed by atoms with E-state index in [0.29, 0.717) is 31.6 Å². The minimum Gasteiger partial charge on any atom is -0.462 e. The number of phosphoric ester groups is 1. The lowest BCUT2D eigenvalue weighted by molar-refractivity contribution is -0.161. The van der Waals surface area contributed by atoms with E-state index in [-0.39, 0.29) is 70.6 Å². The zero-order valence-corrected chi connectivity index (χ0v) is 48.7. The Morgan fingerprint density at radius 1 is 0.568 bits per heavy atom. The number of pyridine rings is 1. The second kappa shape index (κ2) is 55.3. The molecule has 2 amide bonds. The van der Waals surface area contributed by atoms with Crippen LogP contribution < -0.4 is 22.9 Å². The first-order chi connectivity index (χ1) is 35.1. The second-order valence-electron chi connectivity index (χ2n) is 18.6. The molecule has 74 heavy (non-hydrogen) atoms. The maximum absolute atomic E-state index is 12.8. The SMILES string of the molecule is CCCCCCCCCCCCCCCCCC(=O)OCC(COP(=O)(O)OCCNC(=O)OCCOCCNC(=O)CCSSc1ccccn1)OC(=O)CCCCCCCCCCCCCCCCC.N.N. The lowest BCUT2D eigenvalue weighted by atomic mass is 10.0. The molecule has 1 aromatic rings. The van der Waals surface area contributed by atoms with Crippen LogP contribution in [0.2, 0.25) is 0 Å². The van der Waals surface area contributed by atoms with E-state index in [1.807, 2.05) is 18.2 Å². The van der Waals surface area contributed by atoms with Crippen molar-refractivity contribution in [2.24, 2.45) is 0 Å². The fourth-order valence-corrected chi connectivity index (χ4v) is 10.4. The van der Waals surface area contributed by atoms with Crippen molar-refractivity contribution in [3.63, 3.8) is 0 Å². The molecular weight excluding hydrogens is 1010 g/mol. The van der Waals surface area contributed by atoms with Crippen LogP contribution in [0.3, 0.4) is 0 Å². The summed E-state index contributed by atoms with van der Waals surface area (Å²) in [5.74, 6) is -0.375. The number of rotatable bonds is 53. The summed E-state index contributed by atoms with van der Waals surface area (Å²) in [6, 6.07) is 5.68. The summed E-state index contributed by atoms with van der Waals surface area (Å²) < 4.78 is 44.3. The highest BCUT2D eigenvalue weighted by atomic mass is 33.1. The molecule has 0 aliphatic heterocycles. The molecule has 1 rings (SSSR count). The number of hydrogen-bond donors (Lipinski definition) is 5. The van der Waals surface area contributed by atoms with Gasteiger partial charge in [-0.3, -0.25) is 23.4 Å². The third-order valence-corrected chi connectivity index (χ3v) is 15.2. The minimum absolute atomic E-state index is 0. The standard InChI is InChI=1S/C54H98N3O12PS2.2H3N/c1-3-5-7-9-11-13-15-17-19-21-23-25-27-29-31-36-52(59)66-47-49(69-53(60)37-32-30-28-26-24-22-20-18-16-14-12-10-8-6-4-2)48-68-70(62,63)67-43-41-57-54(61)65-45-44-64-42-40-55-50(58)38-46-71-72-51-35-33-34-39-56-51;;/h33-35,39,49H,3-32,36-38,40-48H2,1-2H3,(H,55,58)(H,57,61)(H,62,63);2*1H3. The third kappa shape index (κ3) is 51.6. The number of unbranched alkanes of at least 4 members (excludes halogenated alkanes) is 28. The van der Waals surface area contributed by atoms with Crippen LogP contribution in [0.5, 0.6) is 0 Å². The van der Waals surface area contributed by atoms with Gasteiger partial charge in [0.15, 0.2) is 6.10 Å². The van der Waals surface area contributed by atoms with Crippen LogP contribution >= 0.6 is 29.4 Å². The Bertz CT molecular complexity index is 1500. The van der Waals surface area contributed by atoms with Crippen molar-refractivity contribution < 1.29 is 56.6 Å². The number of carbonyl (C=O) groups excluding carboxylic acids is 4. The van der Waals surface area contributed by atoms with E-state index < -0.39 is 38.6 Å². The fraction of sp³-hybridized carbons (Fsp3) is 0.833. The van der Waals surface area contributed by atoms with E-state index in [1.54, 1.807) is 17.0 Å². The maximum Gasteiger partial charge on any atom is 0.472 e. The molecule has 0 spiro atoms. The fourth-order valence-electron chi connectivity index (χ4n) is 7.76. The van der Waals surface area contributed by atoms with Crippen molar-refractivity contribution in [1.29, 1.82) is 0 Å². The first-order valence-corrected chi connectivity index (χ1v) is 31.9. The van der Waals surface area contributed by atoms with Crippen LogP contribution in [0.15, 0.2) is 29.4 Å². The Labute approximate surface area is 455 Å². The van der Waals surface area contributed by atoms with E-state index in [1.165, 1.54) is 152 Å². The van der Waals surface area contributed by atoms with E-state index in [0.717, 1.165) is 43.6 Å². The number of carbonyl (C=O) groups is 4. The smallest absolute Gasteiger partial charge is 0.462 e. The lowest BCUT2D eigenvalue weighted by Crippen LogP contribution is -2.30. The Balaban J connectivity index is 0. The van der Waals surface area contributed by atoms with Gasteiger partial charge in [0.1, 0.15) is 18.2 Å². The molecule has 17 nitrogen and oxygen atoms in total. The Kier molecular flexibility index (Phi) is 55.0. The molecule has 0 saturated carbocycles. The van der Waals surface area contributed by atoms with Crippen molar-refractivity contribution >= 4 is 53.3 Å². The number of ether oxygens (including phenoxy) is 4. The first-order valence-electron chi connectivity index (χ1n) is 28.1. The summed E-state index contributed by atoms with van der Waals surface area (Å²) in [6.07, 6.45) is 37.1. The molecule has 1 aromatic heterocycles. The van der Waals surface area contributed by atoms with E-state index in [4.69, 9.17) is 28.0 Å². The molecule has 2 unspecified atom stereocenters. The predicted molar refractivity (Wildman–Crippen MR) is 302 cm³/mol. The highest BCUT2D eigenvalue weighted by Gasteiger charge is 2.26. The topological polar surface area (TPSA) is 268 Å². The quantitative estimate of drug-likeness (QED) is 0.0133. The summed E-state index contributed by atoms with van der Waals surface area (Å²) in [6.45, 7) is 3.73. The highest BCUT2D eigenvalue weighted by Crippen LogP contribution is 2.43. The lowest BCUT2D eigenvalue weighted by Gasteiger charge is -2.20. The molecule has 2 atom stereocenters.